The molecule has 0 aliphatic carbocycles. The van der Waals surface area contributed by atoms with Crippen molar-refractivity contribution in [1.29, 1.82) is 5.26 Å². The summed E-state index contributed by atoms with van der Waals surface area (Å²) in [7, 11) is 0. The van der Waals surface area contributed by atoms with Crippen molar-refractivity contribution in [2.24, 2.45) is 0 Å². The molecule has 2 aromatic rings. The van der Waals surface area contributed by atoms with E-state index in [1.165, 1.54) is 23.1 Å². The number of nitro benzene ring substituents is 1. The van der Waals surface area contributed by atoms with Crippen molar-refractivity contribution in [2.75, 3.05) is 31.1 Å². The summed E-state index contributed by atoms with van der Waals surface area (Å²) in [4.78, 5) is 26.1. The number of para-hydroxylation sites is 1. The van der Waals surface area contributed by atoms with Crippen molar-refractivity contribution >= 4 is 23.4 Å². The van der Waals surface area contributed by atoms with E-state index in [1.54, 1.807) is 18.2 Å². The number of amides is 1. The maximum atomic E-state index is 13.9. The SMILES string of the molecule is N#C/C(=C\c1ccc([O-])c([N+](=O)[O-])c1)C(=O)N1CCN(c2ccccc2F)CC1. The highest BCUT2D eigenvalue weighted by molar-refractivity contribution is 6.01. The van der Waals surface area contributed by atoms with Crippen LogP contribution in [0.3, 0.4) is 0 Å². The van der Waals surface area contributed by atoms with Gasteiger partial charge in [0.25, 0.3) is 11.6 Å². The summed E-state index contributed by atoms with van der Waals surface area (Å²) in [5.74, 6) is -1.61. The zero-order valence-corrected chi connectivity index (χ0v) is 15.2. The highest BCUT2D eigenvalue weighted by Crippen LogP contribution is 2.25. The van der Waals surface area contributed by atoms with Crippen LogP contribution in [0.5, 0.6) is 5.75 Å². The van der Waals surface area contributed by atoms with Crippen LogP contribution in [0.15, 0.2) is 48.0 Å². The lowest BCUT2D eigenvalue weighted by Crippen LogP contribution is -2.49. The molecule has 0 unspecified atom stereocenters. The molecular formula is C20H16FN4O4-. The molecule has 1 heterocycles. The van der Waals surface area contributed by atoms with E-state index in [4.69, 9.17) is 0 Å². The number of piperazine rings is 1. The number of carbonyl (C=O) groups is 1. The Hall–Kier alpha value is -3.93. The Labute approximate surface area is 165 Å². The van der Waals surface area contributed by atoms with Crippen LogP contribution >= 0.6 is 0 Å². The number of rotatable bonds is 4. The monoisotopic (exact) mass is 395 g/mol. The molecule has 0 saturated carbocycles. The maximum absolute atomic E-state index is 13.9. The van der Waals surface area contributed by atoms with Gasteiger partial charge in [-0.3, -0.25) is 14.9 Å². The van der Waals surface area contributed by atoms with Gasteiger partial charge >= 0.3 is 0 Å². The van der Waals surface area contributed by atoms with Gasteiger partial charge in [-0.2, -0.15) is 5.26 Å². The van der Waals surface area contributed by atoms with Gasteiger partial charge in [-0.25, -0.2) is 4.39 Å². The lowest BCUT2D eigenvalue weighted by Gasteiger charge is -2.36. The average Bonchev–Trinajstić information content (AvgIpc) is 2.73. The smallest absolute Gasteiger partial charge is 0.264 e. The fraction of sp³-hybridized carbons (Fsp3) is 0.200. The lowest BCUT2D eigenvalue weighted by atomic mass is 10.1. The fourth-order valence-electron chi connectivity index (χ4n) is 3.10. The first-order valence-electron chi connectivity index (χ1n) is 8.76. The topological polar surface area (TPSA) is 114 Å². The van der Waals surface area contributed by atoms with E-state index >= 15 is 0 Å². The van der Waals surface area contributed by atoms with Gasteiger partial charge < -0.3 is 14.9 Å². The molecule has 148 valence electrons. The predicted molar refractivity (Wildman–Crippen MR) is 101 cm³/mol. The number of benzene rings is 2. The van der Waals surface area contributed by atoms with Crippen LogP contribution in [0.25, 0.3) is 6.08 Å². The molecular weight excluding hydrogens is 379 g/mol. The Morgan fingerprint density at radius 3 is 2.48 bits per heavy atom. The molecule has 1 aliphatic heterocycles. The van der Waals surface area contributed by atoms with Crippen LogP contribution in [0.1, 0.15) is 5.56 Å². The Morgan fingerprint density at radius 1 is 1.17 bits per heavy atom. The molecule has 0 atom stereocenters. The van der Waals surface area contributed by atoms with Crippen molar-refractivity contribution in [1.82, 2.24) is 4.90 Å². The van der Waals surface area contributed by atoms with Gasteiger partial charge in [-0.15, -0.1) is 0 Å². The zero-order valence-electron chi connectivity index (χ0n) is 15.2. The van der Waals surface area contributed by atoms with E-state index in [2.05, 4.69) is 0 Å². The molecule has 3 rings (SSSR count). The minimum absolute atomic E-state index is 0.197. The fourth-order valence-corrected chi connectivity index (χ4v) is 3.10. The molecule has 0 radical (unpaired) electrons. The van der Waals surface area contributed by atoms with Crippen molar-refractivity contribution in [3.05, 3.63) is 69.5 Å². The summed E-state index contributed by atoms with van der Waals surface area (Å²) in [6.45, 7) is 1.40. The van der Waals surface area contributed by atoms with Crippen LogP contribution in [-0.2, 0) is 4.79 Å². The largest absolute Gasteiger partial charge is 0.868 e. The van der Waals surface area contributed by atoms with E-state index in [-0.39, 0.29) is 17.0 Å². The van der Waals surface area contributed by atoms with E-state index in [0.717, 1.165) is 12.1 Å². The van der Waals surface area contributed by atoms with Crippen LogP contribution < -0.4 is 10.0 Å². The first-order valence-corrected chi connectivity index (χ1v) is 8.76. The standard InChI is InChI=1S/C20H17FN4O4/c21-16-3-1-2-4-17(16)23-7-9-24(10-8-23)20(27)15(13-22)11-14-5-6-19(26)18(12-14)25(28)29/h1-6,11-12,26H,7-10H2/p-1/b15-11+. The number of hydrogen-bond acceptors (Lipinski definition) is 6. The Bertz CT molecular complexity index is 1020. The van der Waals surface area contributed by atoms with Crippen molar-refractivity contribution < 1.29 is 19.2 Å². The molecule has 9 heteroatoms. The van der Waals surface area contributed by atoms with E-state index in [9.17, 15) is 29.7 Å². The third-order valence-corrected chi connectivity index (χ3v) is 4.60. The minimum atomic E-state index is -0.810. The lowest BCUT2D eigenvalue weighted by molar-refractivity contribution is -0.398. The molecule has 1 fully saturated rings. The van der Waals surface area contributed by atoms with Crippen LogP contribution in [-0.4, -0.2) is 41.9 Å². The van der Waals surface area contributed by atoms with Gasteiger partial charge in [-0.1, -0.05) is 24.3 Å². The van der Waals surface area contributed by atoms with Gasteiger partial charge in [0, 0.05) is 32.2 Å². The van der Waals surface area contributed by atoms with E-state index < -0.39 is 22.3 Å². The number of nitriles is 1. The molecule has 0 N–H and O–H groups in total. The summed E-state index contributed by atoms with van der Waals surface area (Å²) in [6.07, 6.45) is 1.22. The zero-order chi connectivity index (χ0) is 21.0. The van der Waals surface area contributed by atoms with E-state index in [0.29, 0.717) is 31.9 Å². The Morgan fingerprint density at radius 2 is 1.86 bits per heavy atom. The number of anilines is 1. The highest BCUT2D eigenvalue weighted by Gasteiger charge is 2.25. The Kier molecular flexibility index (Phi) is 5.74. The van der Waals surface area contributed by atoms with Crippen molar-refractivity contribution in [3.8, 4) is 11.8 Å². The second kappa shape index (κ2) is 8.39. The summed E-state index contributed by atoms with van der Waals surface area (Å²) in [5, 5.41) is 31.7. The molecule has 0 bridgehead atoms. The van der Waals surface area contributed by atoms with Gasteiger partial charge in [0.2, 0.25) is 0 Å². The van der Waals surface area contributed by atoms with Gasteiger partial charge in [0.05, 0.1) is 10.6 Å². The third kappa shape index (κ3) is 4.32. The summed E-state index contributed by atoms with van der Waals surface area (Å²) in [6, 6.07) is 11.6. The molecule has 1 aliphatic rings. The number of carbonyl (C=O) groups excluding carboxylic acids is 1. The van der Waals surface area contributed by atoms with E-state index in [1.807, 2.05) is 11.0 Å². The first kappa shape index (κ1) is 19.8. The predicted octanol–water partition coefficient (Wildman–Crippen LogP) is 2.06. The molecule has 2 aromatic carbocycles. The van der Waals surface area contributed by atoms with Crippen LogP contribution in [0.2, 0.25) is 0 Å². The number of nitro groups is 1. The summed E-state index contributed by atoms with van der Waals surface area (Å²) >= 11 is 0. The second-order valence-electron chi connectivity index (χ2n) is 6.38. The number of nitrogens with zero attached hydrogens (tertiary/aromatic N) is 4. The molecule has 29 heavy (non-hydrogen) atoms. The molecule has 0 spiro atoms. The van der Waals surface area contributed by atoms with Gasteiger partial charge in [0.15, 0.2) is 0 Å². The van der Waals surface area contributed by atoms with Crippen molar-refractivity contribution in [3.63, 3.8) is 0 Å². The highest BCUT2D eigenvalue weighted by atomic mass is 19.1. The quantitative estimate of drug-likeness (QED) is 0.339. The van der Waals surface area contributed by atoms with Gasteiger partial charge in [0.1, 0.15) is 17.5 Å². The van der Waals surface area contributed by atoms with Crippen molar-refractivity contribution in [2.45, 2.75) is 0 Å². The summed E-state index contributed by atoms with van der Waals surface area (Å²) in [5.41, 5.74) is -0.147. The third-order valence-electron chi connectivity index (χ3n) is 4.60. The molecule has 0 aromatic heterocycles. The van der Waals surface area contributed by atoms with Gasteiger partial charge in [-0.05, 0) is 29.5 Å². The first-order chi connectivity index (χ1) is 13.9. The number of halogens is 1. The van der Waals surface area contributed by atoms with Crippen LogP contribution in [0, 0.1) is 27.3 Å². The van der Waals surface area contributed by atoms with Crippen LogP contribution in [0.4, 0.5) is 15.8 Å². The second-order valence-corrected chi connectivity index (χ2v) is 6.38. The summed E-state index contributed by atoms with van der Waals surface area (Å²) < 4.78 is 13.9. The average molecular weight is 395 g/mol. The minimum Gasteiger partial charge on any atom is -0.868 e. The molecule has 1 amide bonds. The maximum Gasteiger partial charge on any atom is 0.264 e. The molecule has 1 saturated heterocycles. The normalized spacial score (nSPS) is 14.4. The Balaban J connectivity index is 1.73. The molecule has 8 nitrogen and oxygen atoms in total. The number of hydrogen-bond donors (Lipinski definition) is 0.